The summed E-state index contributed by atoms with van der Waals surface area (Å²) >= 11 is 0. The van der Waals surface area contributed by atoms with E-state index in [1.807, 2.05) is 0 Å². The molecule has 1 aromatic heterocycles. The van der Waals surface area contributed by atoms with E-state index in [9.17, 15) is 17.6 Å². The van der Waals surface area contributed by atoms with Crippen molar-refractivity contribution < 1.29 is 17.6 Å². The van der Waals surface area contributed by atoms with Gasteiger partial charge in [-0.1, -0.05) is 30.7 Å². The van der Waals surface area contributed by atoms with Crippen LogP contribution in [0, 0.1) is 5.82 Å². The van der Waals surface area contributed by atoms with Crippen LogP contribution in [0.4, 0.5) is 17.6 Å². The summed E-state index contributed by atoms with van der Waals surface area (Å²) in [6.07, 6.45) is 1.08. The van der Waals surface area contributed by atoms with Crippen LogP contribution in [0.25, 0.3) is 11.4 Å². The van der Waals surface area contributed by atoms with Gasteiger partial charge in [0, 0.05) is 18.4 Å². The molecule has 0 spiro atoms. The molecule has 3 aromatic rings. The van der Waals surface area contributed by atoms with Gasteiger partial charge in [-0.25, -0.2) is 19.3 Å². The zero-order valence-electron chi connectivity index (χ0n) is 18.3. The van der Waals surface area contributed by atoms with Gasteiger partial charge in [0.2, 0.25) is 0 Å². The highest BCUT2D eigenvalue weighted by molar-refractivity contribution is 5.56. The monoisotopic (exact) mass is 458 g/mol. The summed E-state index contributed by atoms with van der Waals surface area (Å²) in [5.74, 6) is 0.905. The minimum Gasteiger partial charge on any atom is -0.303 e. The third-order valence-electron chi connectivity index (χ3n) is 5.78. The molecule has 33 heavy (non-hydrogen) atoms. The number of hydrogen-bond acceptors (Lipinski definition) is 4. The Kier molecular flexibility index (Phi) is 7.33. The minimum atomic E-state index is -4.45. The molecule has 0 N–H and O–H groups in total. The van der Waals surface area contributed by atoms with Crippen LogP contribution in [0.5, 0.6) is 0 Å². The van der Waals surface area contributed by atoms with E-state index in [1.165, 1.54) is 37.5 Å². The van der Waals surface area contributed by atoms with Crippen molar-refractivity contribution in [2.75, 3.05) is 19.6 Å². The number of piperidine rings is 1. The number of aromatic nitrogens is 3. The molecule has 0 radical (unpaired) electrons. The highest BCUT2D eigenvalue weighted by Gasteiger charge is 2.30. The highest BCUT2D eigenvalue weighted by atomic mass is 19.4. The van der Waals surface area contributed by atoms with E-state index in [2.05, 4.69) is 19.9 Å². The molecule has 0 bridgehead atoms. The molecule has 0 aliphatic carbocycles. The number of halogens is 4. The number of likely N-dealkylation sites (tertiary alicyclic amines) is 1. The fourth-order valence-corrected chi connectivity index (χ4v) is 4.05. The van der Waals surface area contributed by atoms with Gasteiger partial charge in [0.25, 0.3) is 0 Å². The van der Waals surface area contributed by atoms with E-state index in [1.54, 1.807) is 18.2 Å². The predicted molar refractivity (Wildman–Crippen MR) is 118 cm³/mol. The van der Waals surface area contributed by atoms with Gasteiger partial charge >= 0.3 is 6.18 Å². The molecule has 0 atom stereocenters. The number of benzene rings is 2. The van der Waals surface area contributed by atoms with E-state index < -0.39 is 11.7 Å². The Hall–Kier alpha value is -2.87. The molecule has 1 aliphatic rings. The molecule has 174 valence electrons. The number of hydrogen-bond donors (Lipinski definition) is 0. The molecule has 4 nitrogen and oxygen atoms in total. The third kappa shape index (κ3) is 6.57. The maximum atomic E-state index is 13.3. The SMILES string of the molecule is Fc1ccc(Cc2nc(CCCN3CCCCC3)nc(-c3cccc(C(F)(F)F)c3)n2)cc1. The first-order chi connectivity index (χ1) is 15.9. The summed E-state index contributed by atoms with van der Waals surface area (Å²) in [6, 6.07) is 11.1. The largest absolute Gasteiger partial charge is 0.416 e. The zero-order chi connectivity index (χ0) is 23.3. The van der Waals surface area contributed by atoms with E-state index in [0.717, 1.165) is 43.8 Å². The van der Waals surface area contributed by atoms with Gasteiger partial charge in [-0.3, -0.25) is 0 Å². The first kappa shape index (κ1) is 23.3. The average molecular weight is 459 g/mol. The Labute approximate surface area is 190 Å². The fourth-order valence-electron chi connectivity index (χ4n) is 4.05. The maximum absolute atomic E-state index is 13.3. The third-order valence-corrected chi connectivity index (χ3v) is 5.78. The van der Waals surface area contributed by atoms with Gasteiger partial charge in [0.05, 0.1) is 5.56 Å². The lowest BCUT2D eigenvalue weighted by atomic mass is 10.1. The first-order valence-electron chi connectivity index (χ1n) is 11.2. The van der Waals surface area contributed by atoms with Gasteiger partial charge in [-0.15, -0.1) is 0 Å². The number of alkyl halides is 3. The van der Waals surface area contributed by atoms with Crippen LogP contribution < -0.4 is 0 Å². The van der Waals surface area contributed by atoms with E-state index in [4.69, 9.17) is 0 Å². The quantitative estimate of drug-likeness (QED) is 0.426. The van der Waals surface area contributed by atoms with Crippen LogP contribution in [0.3, 0.4) is 0 Å². The van der Waals surface area contributed by atoms with Crippen molar-refractivity contribution in [2.24, 2.45) is 0 Å². The van der Waals surface area contributed by atoms with Gasteiger partial charge in [0.15, 0.2) is 5.82 Å². The van der Waals surface area contributed by atoms with E-state index >= 15 is 0 Å². The lowest BCUT2D eigenvalue weighted by molar-refractivity contribution is -0.137. The molecule has 0 amide bonds. The predicted octanol–water partition coefficient (Wildman–Crippen LogP) is 5.71. The lowest BCUT2D eigenvalue weighted by Gasteiger charge is -2.26. The van der Waals surface area contributed by atoms with Crippen molar-refractivity contribution in [1.82, 2.24) is 19.9 Å². The van der Waals surface area contributed by atoms with Gasteiger partial charge < -0.3 is 4.90 Å². The molecule has 1 aliphatic heterocycles. The van der Waals surface area contributed by atoms with E-state index in [-0.39, 0.29) is 11.6 Å². The summed E-state index contributed by atoms with van der Waals surface area (Å²) in [4.78, 5) is 15.9. The van der Waals surface area contributed by atoms with Gasteiger partial charge in [0.1, 0.15) is 17.5 Å². The van der Waals surface area contributed by atoms with Crippen molar-refractivity contribution in [3.8, 4) is 11.4 Å². The molecule has 8 heteroatoms. The van der Waals surface area contributed by atoms with Crippen molar-refractivity contribution in [3.05, 3.63) is 77.1 Å². The number of nitrogens with zero attached hydrogens (tertiary/aromatic N) is 4. The zero-order valence-corrected chi connectivity index (χ0v) is 18.3. The maximum Gasteiger partial charge on any atom is 0.416 e. The molecule has 2 aromatic carbocycles. The lowest BCUT2D eigenvalue weighted by Crippen LogP contribution is -2.30. The summed E-state index contributed by atoms with van der Waals surface area (Å²) in [5, 5.41) is 0. The summed E-state index contributed by atoms with van der Waals surface area (Å²) in [5.41, 5.74) is 0.369. The molecule has 1 saturated heterocycles. The average Bonchev–Trinajstić information content (AvgIpc) is 2.81. The molecule has 4 rings (SSSR count). The molecule has 1 fully saturated rings. The summed E-state index contributed by atoms with van der Waals surface area (Å²) in [7, 11) is 0. The van der Waals surface area contributed by atoms with E-state index in [0.29, 0.717) is 30.1 Å². The van der Waals surface area contributed by atoms with Crippen LogP contribution in [-0.2, 0) is 19.0 Å². The Morgan fingerprint density at radius 3 is 2.30 bits per heavy atom. The van der Waals surface area contributed by atoms with Gasteiger partial charge in [-0.2, -0.15) is 13.2 Å². The second-order valence-corrected chi connectivity index (χ2v) is 8.38. The molecule has 0 unspecified atom stereocenters. The Morgan fingerprint density at radius 1 is 0.848 bits per heavy atom. The molecular weight excluding hydrogens is 432 g/mol. The Morgan fingerprint density at radius 2 is 1.58 bits per heavy atom. The topological polar surface area (TPSA) is 41.9 Å². The van der Waals surface area contributed by atoms with Crippen LogP contribution >= 0.6 is 0 Å². The first-order valence-corrected chi connectivity index (χ1v) is 11.2. The van der Waals surface area contributed by atoms with Crippen LogP contribution in [0.1, 0.15) is 48.5 Å². The second-order valence-electron chi connectivity index (χ2n) is 8.38. The minimum absolute atomic E-state index is 0.223. The standard InChI is InChI=1S/C25H26F4N4/c26-21-11-9-18(10-12-21)16-23-30-22(8-5-15-33-13-2-1-3-14-33)31-24(32-23)19-6-4-7-20(17-19)25(27,28)29/h4,6-7,9-12,17H,1-3,5,8,13-16H2. The normalized spacial score (nSPS) is 15.0. The molecular formula is C25H26F4N4. The van der Waals surface area contributed by atoms with Crippen molar-refractivity contribution in [3.63, 3.8) is 0 Å². The molecule has 2 heterocycles. The molecule has 0 saturated carbocycles. The Balaban J connectivity index is 1.59. The van der Waals surface area contributed by atoms with Crippen LogP contribution in [0.2, 0.25) is 0 Å². The van der Waals surface area contributed by atoms with Gasteiger partial charge in [-0.05, 0) is 68.7 Å². The number of rotatable bonds is 7. The van der Waals surface area contributed by atoms with Crippen molar-refractivity contribution in [1.29, 1.82) is 0 Å². The second kappa shape index (κ2) is 10.4. The van der Waals surface area contributed by atoms with Crippen LogP contribution in [-0.4, -0.2) is 39.5 Å². The Bertz CT molecular complexity index is 1060. The fraction of sp³-hybridized carbons (Fsp3) is 0.400. The van der Waals surface area contributed by atoms with Crippen molar-refractivity contribution in [2.45, 2.75) is 44.7 Å². The summed E-state index contributed by atoms with van der Waals surface area (Å²) in [6.45, 7) is 3.14. The smallest absolute Gasteiger partial charge is 0.303 e. The number of aryl methyl sites for hydroxylation is 1. The van der Waals surface area contributed by atoms with Crippen molar-refractivity contribution >= 4 is 0 Å². The summed E-state index contributed by atoms with van der Waals surface area (Å²) < 4.78 is 52.9. The van der Waals surface area contributed by atoms with Crippen LogP contribution in [0.15, 0.2) is 48.5 Å². The highest BCUT2D eigenvalue weighted by Crippen LogP contribution is 2.31.